The molecule has 3 nitrogen and oxygen atoms in total. The highest BCUT2D eigenvalue weighted by Crippen LogP contribution is 2.55. The number of carbonyl (C=O) groups excluding carboxylic acids is 1. The van der Waals surface area contributed by atoms with Crippen LogP contribution in [0.25, 0.3) is 0 Å². The first-order valence-corrected chi connectivity index (χ1v) is 5.87. The highest BCUT2D eigenvalue weighted by molar-refractivity contribution is 5.74. The van der Waals surface area contributed by atoms with Gasteiger partial charge in [0.25, 0.3) is 0 Å². The summed E-state index contributed by atoms with van der Waals surface area (Å²) in [5, 5.41) is 3.34. The van der Waals surface area contributed by atoms with Gasteiger partial charge in [0.2, 0.25) is 0 Å². The molecule has 1 spiro atoms. The minimum absolute atomic E-state index is 0.0257. The summed E-state index contributed by atoms with van der Waals surface area (Å²) in [5.41, 5.74) is 0.224. The molecule has 0 bridgehead atoms. The fraction of sp³-hybridized carbons (Fsp3) is 0.917. The van der Waals surface area contributed by atoms with Crippen molar-refractivity contribution in [2.75, 3.05) is 20.2 Å². The molecular formula is C12H21NO2. The van der Waals surface area contributed by atoms with Gasteiger partial charge >= 0.3 is 5.97 Å². The number of hydrogen-bond donors (Lipinski definition) is 1. The van der Waals surface area contributed by atoms with Gasteiger partial charge in [-0.25, -0.2) is 0 Å². The summed E-state index contributed by atoms with van der Waals surface area (Å²) >= 11 is 0. The van der Waals surface area contributed by atoms with Crippen LogP contribution >= 0.6 is 0 Å². The first-order chi connectivity index (χ1) is 7.09. The van der Waals surface area contributed by atoms with Gasteiger partial charge in [0, 0.05) is 13.1 Å². The van der Waals surface area contributed by atoms with Gasteiger partial charge < -0.3 is 10.1 Å². The number of methoxy groups -OCH3 is 1. The van der Waals surface area contributed by atoms with Crippen LogP contribution in [0.5, 0.6) is 0 Å². The van der Waals surface area contributed by atoms with Crippen LogP contribution in [0.4, 0.5) is 0 Å². The lowest BCUT2D eigenvalue weighted by Gasteiger charge is -2.49. The summed E-state index contributed by atoms with van der Waals surface area (Å²) in [6.45, 7) is 6.34. The third kappa shape index (κ3) is 1.67. The highest BCUT2D eigenvalue weighted by atomic mass is 16.5. The number of hydrogen-bond acceptors (Lipinski definition) is 3. The Morgan fingerprint density at radius 2 is 2.13 bits per heavy atom. The molecule has 0 aromatic heterocycles. The van der Waals surface area contributed by atoms with Crippen LogP contribution in [0.15, 0.2) is 0 Å². The molecule has 1 saturated carbocycles. The normalized spacial score (nSPS) is 39.5. The van der Waals surface area contributed by atoms with Crippen LogP contribution < -0.4 is 5.32 Å². The van der Waals surface area contributed by atoms with E-state index in [1.807, 2.05) is 0 Å². The van der Waals surface area contributed by atoms with Crippen LogP contribution in [0.1, 0.15) is 26.7 Å². The second-order valence-corrected chi connectivity index (χ2v) is 5.48. The molecule has 1 aliphatic heterocycles. The van der Waals surface area contributed by atoms with Gasteiger partial charge in [-0.05, 0) is 30.1 Å². The lowest BCUT2D eigenvalue weighted by molar-refractivity contribution is -0.152. The van der Waals surface area contributed by atoms with Gasteiger partial charge in [-0.3, -0.25) is 4.79 Å². The molecule has 0 aromatic rings. The average molecular weight is 211 g/mol. The van der Waals surface area contributed by atoms with Crippen molar-refractivity contribution in [1.82, 2.24) is 5.32 Å². The molecule has 86 valence electrons. The summed E-state index contributed by atoms with van der Waals surface area (Å²) in [6, 6.07) is 0. The third-order valence-corrected chi connectivity index (χ3v) is 4.33. The standard InChI is InChI=1S/C12H21NO2/c1-8(2)9-4-12(5-9)7-13-6-10(12)11(14)15-3/h8-10,13H,4-7H2,1-3H3. The molecular weight excluding hydrogens is 190 g/mol. The fourth-order valence-electron chi connectivity index (χ4n) is 3.17. The molecule has 0 aromatic carbocycles. The van der Waals surface area contributed by atoms with E-state index in [-0.39, 0.29) is 17.3 Å². The van der Waals surface area contributed by atoms with E-state index in [9.17, 15) is 4.79 Å². The zero-order valence-electron chi connectivity index (χ0n) is 9.88. The molecule has 2 aliphatic rings. The zero-order chi connectivity index (χ0) is 11.1. The number of esters is 1. The molecule has 2 rings (SSSR count). The van der Waals surface area contributed by atoms with E-state index in [0.717, 1.165) is 24.9 Å². The zero-order valence-corrected chi connectivity index (χ0v) is 9.88. The Morgan fingerprint density at radius 3 is 2.67 bits per heavy atom. The molecule has 1 saturated heterocycles. The maximum atomic E-state index is 11.6. The molecule has 15 heavy (non-hydrogen) atoms. The van der Waals surface area contributed by atoms with Crippen molar-refractivity contribution in [1.29, 1.82) is 0 Å². The Kier molecular flexibility index (Phi) is 2.75. The Balaban J connectivity index is 2.01. The first kappa shape index (κ1) is 10.9. The maximum absolute atomic E-state index is 11.6. The quantitative estimate of drug-likeness (QED) is 0.702. The van der Waals surface area contributed by atoms with E-state index in [0.29, 0.717) is 0 Å². The number of carbonyl (C=O) groups is 1. The second-order valence-electron chi connectivity index (χ2n) is 5.48. The largest absolute Gasteiger partial charge is 0.469 e. The number of ether oxygens (including phenoxy) is 1. The Morgan fingerprint density at radius 1 is 1.47 bits per heavy atom. The molecule has 1 heterocycles. The summed E-state index contributed by atoms with van der Waals surface area (Å²) < 4.78 is 4.88. The van der Waals surface area contributed by atoms with Gasteiger partial charge in [-0.2, -0.15) is 0 Å². The fourth-order valence-corrected chi connectivity index (χ4v) is 3.17. The van der Waals surface area contributed by atoms with Crippen molar-refractivity contribution < 1.29 is 9.53 Å². The molecule has 2 fully saturated rings. The van der Waals surface area contributed by atoms with Gasteiger partial charge in [0.15, 0.2) is 0 Å². The van der Waals surface area contributed by atoms with Crippen LogP contribution in [0, 0.1) is 23.2 Å². The van der Waals surface area contributed by atoms with E-state index in [4.69, 9.17) is 4.74 Å². The molecule has 0 amide bonds. The average Bonchev–Trinajstić information content (AvgIpc) is 2.57. The van der Waals surface area contributed by atoms with Crippen molar-refractivity contribution in [3.63, 3.8) is 0 Å². The Labute approximate surface area is 91.6 Å². The van der Waals surface area contributed by atoms with Crippen LogP contribution in [-0.2, 0) is 9.53 Å². The Bertz CT molecular complexity index is 256. The van der Waals surface area contributed by atoms with E-state index in [1.54, 1.807) is 0 Å². The lowest BCUT2D eigenvalue weighted by atomic mass is 9.55. The summed E-state index contributed by atoms with van der Waals surface area (Å²) in [5.74, 6) is 1.62. The van der Waals surface area contributed by atoms with Crippen LogP contribution in [0.2, 0.25) is 0 Å². The Hall–Kier alpha value is -0.570. The minimum atomic E-state index is -0.0257. The van der Waals surface area contributed by atoms with E-state index in [2.05, 4.69) is 19.2 Å². The summed E-state index contributed by atoms with van der Waals surface area (Å²) in [6.07, 6.45) is 2.38. The van der Waals surface area contributed by atoms with E-state index >= 15 is 0 Å². The summed E-state index contributed by atoms with van der Waals surface area (Å²) in [4.78, 5) is 11.6. The predicted octanol–water partition coefficient (Wildman–Crippen LogP) is 1.43. The maximum Gasteiger partial charge on any atom is 0.310 e. The molecule has 0 radical (unpaired) electrons. The van der Waals surface area contributed by atoms with Crippen LogP contribution in [0.3, 0.4) is 0 Å². The monoisotopic (exact) mass is 211 g/mol. The van der Waals surface area contributed by atoms with Gasteiger partial charge in [0.05, 0.1) is 13.0 Å². The topological polar surface area (TPSA) is 38.3 Å². The lowest BCUT2D eigenvalue weighted by Crippen LogP contribution is -2.47. The SMILES string of the molecule is COC(=O)C1CNCC12CC(C(C)C)C2. The van der Waals surface area contributed by atoms with Crippen LogP contribution in [-0.4, -0.2) is 26.2 Å². The van der Waals surface area contributed by atoms with Crippen molar-refractivity contribution in [2.45, 2.75) is 26.7 Å². The predicted molar refractivity (Wildman–Crippen MR) is 58.4 cm³/mol. The van der Waals surface area contributed by atoms with Crippen molar-refractivity contribution >= 4 is 5.97 Å². The second kappa shape index (κ2) is 3.78. The third-order valence-electron chi connectivity index (χ3n) is 4.33. The van der Waals surface area contributed by atoms with Crippen molar-refractivity contribution in [3.05, 3.63) is 0 Å². The minimum Gasteiger partial charge on any atom is -0.469 e. The highest BCUT2D eigenvalue weighted by Gasteiger charge is 2.55. The van der Waals surface area contributed by atoms with Crippen molar-refractivity contribution in [2.24, 2.45) is 23.2 Å². The van der Waals surface area contributed by atoms with Gasteiger partial charge in [-0.1, -0.05) is 13.8 Å². The van der Waals surface area contributed by atoms with E-state index < -0.39 is 0 Å². The molecule has 1 atom stereocenters. The number of nitrogens with one attached hydrogen (secondary N) is 1. The first-order valence-electron chi connectivity index (χ1n) is 5.87. The summed E-state index contributed by atoms with van der Waals surface area (Å²) in [7, 11) is 1.49. The van der Waals surface area contributed by atoms with Gasteiger partial charge in [0.1, 0.15) is 0 Å². The number of rotatable bonds is 2. The van der Waals surface area contributed by atoms with Gasteiger partial charge in [-0.15, -0.1) is 0 Å². The molecule has 1 N–H and O–H groups in total. The smallest absolute Gasteiger partial charge is 0.310 e. The van der Waals surface area contributed by atoms with Crippen molar-refractivity contribution in [3.8, 4) is 0 Å². The molecule has 1 unspecified atom stereocenters. The molecule has 3 heteroatoms. The molecule has 1 aliphatic carbocycles. The van der Waals surface area contributed by atoms with E-state index in [1.165, 1.54) is 20.0 Å².